The Balaban J connectivity index is 1.23. The lowest BCUT2D eigenvalue weighted by molar-refractivity contribution is -0.116. The largest absolute Gasteiger partial charge is 0.353 e. The van der Waals surface area contributed by atoms with E-state index in [0.29, 0.717) is 25.2 Å². The molecule has 8 heteroatoms. The van der Waals surface area contributed by atoms with Crippen molar-refractivity contribution in [3.8, 4) is 5.69 Å². The van der Waals surface area contributed by atoms with Crippen molar-refractivity contribution in [2.75, 3.05) is 23.1 Å². The highest BCUT2D eigenvalue weighted by Crippen LogP contribution is 2.24. The molecule has 2 heterocycles. The summed E-state index contributed by atoms with van der Waals surface area (Å²) in [5.74, 6) is 0.0435. The Morgan fingerprint density at radius 3 is 2.55 bits per heavy atom. The van der Waals surface area contributed by atoms with Crippen molar-refractivity contribution in [3.63, 3.8) is 0 Å². The van der Waals surface area contributed by atoms with E-state index >= 15 is 0 Å². The molecule has 7 nitrogen and oxygen atoms in total. The van der Waals surface area contributed by atoms with Gasteiger partial charge in [-0.25, -0.2) is 13.1 Å². The zero-order valence-electron chi connectivity index (χ0n) is 18.6. The number of amides is 1. The summed E-state index contributed by atoms with van der Waals surface area (Å²) < 4.78 is 27.4. The van der Waals surface area contributed by atoms with Gasteiger partial charge in [-0.2, -0.15) is 5.10 Å². The molecule has 3 aromatic rings. The minimum atomic E-state index is -3.18. The highest BCUT2D eigenvalue weighted by atomic mass is 32.2. The van der Waals surface area contributed by atoms with Crippen LogP contribution in [0.1, 0.15) is 29.7 Å². The lowest BCUT2D eigenvalue weighted by atomic mass is 10.1. The number of aryl methyl sites for hydroxylation is 2. The first-order valence-electron chi connectivity index (χ1n) is 11.1. The molecule has 2 aromatic carbocycles. The number of carbonyl (C=O) groups is 1. The third kappa shape index (κ3) is 5.70. The van der Waals surface area contributed by atoms with Crippen LogP contribution in [0.4, 0.5) is 5.69 Å². The Kier molecular flexibility index (Phi) is 6.93. The van der Waals surface area contributed by atoms with E-state index in [0.717, 1.165) is 29.8 Å². The first kappa shape index (κ1) is 22.8. The van der Waals surface area contributed by atoms with Crippen molar-refractivity contribution in [2.45, 2.75) is 26.2 Å². The summed E-state index contributed by atoms with van der Waals surface area (Å²) >= 11 is 0. The number of aromatic nitrogens is 2. The zero-order chi connectivity index (χ0) is 23.3. The van der Waals surface area contributed by atoms with Gasteiger partial charge in [0.1, 0.15) is 0 Å². The Bertz CT molecular complexity index is 1230. The molecule has 0 bridgehead atoms. The van der Waals surface area contributed by atoms with Crippen molar-refractivity contribution in [1.29, 1.82) is 0 Å². The molecule has 1 aliphatic heterocycles. The molecule has 172 valence electrons. The maximum Gasteiger partial charge on any atom is 0.243 e. The van der Waals surface area contributed by atoms with Crippen molar-refractivity contribution < 1.29 is 13.2 Å². The fourth-order valence-electron chi connectivity index (χ4n) is 3.86. The number of hydrogen-bond donors (Lipinski definition) is 1. The maximum atomic E-state index is 12.1. The maximum absolute atomic E-state index is 12.1. The molecular formula is C25H28N4O3S. The first-order valence-corrected chi connectivity index (χ1v) is 12.7. The standard InChI is InChI=1S/C25H28N4O3S/c1-20-22(19-28(27-20)23-8-3-2-4-9-23)7-5-16-26-25(30)15-12-21-10-13-24(14-11-21)29-17-6-18-33(29,31)32/h2-4,8-15,19H,5-7,16-18H2,1H3,(H,26,30). The minimum Gasteiger partial charge on any atom is -0.353 e. The van der Waals surface area contributed by atoms with E-state index in [4.69, 9.17) is 0 Å². The molecule has 1 amide bonds. The number of para-hydroxylation sites is 1. The molecule has 33 heavy (non-hydrogen) atoms. The van der Waals surface area contributed by atoms with Gasteiger partial charge in [-0.3, -0.25) is 9.10 Å². The molecule has 0 atom stereocenters. The average Bonchev–Trinajstić information content (AvgIpc) is 3.37. The van der Waals surface area contributed by atoms with Crippen LogP contribution in [0.2, 0.25) is 0 Å². The Labute approximate surface area is 194 Å². The molecule has 1 saturated heterocycles. The van der Waals surface area contributed by atoms with Crippen molar-refractivity contribution in [3.05, 3.63) is 83.7 Å². The minimum absolute atomic E-state index is 0.155. The fourth-order valence-corrected chi connectivity index (χ4v) is 5.42. The molecule has 0 spiro atoms. The molecule has 1 aromatic heterocycles. The van der Waals surface area contributed by atoms with Crippen LogP contribution in [0.5, 0.6) is 0 Å². The van der Waals surface area contributed by atoms with E-state index in [1.54, 1.807) is 18.2 Å². The first-order chi connectivity index (χ1) is 15.9. The monoisotopic (exact) mass is 464 g/mol. The van der Waals surface area contributed by atoms with Gasteiger partial charge in [0.15, 0.2) is 0 Å². The molecule has 1 N–H and O–H groups in total. The van der Waals surface area contributed by atoms with Crippen LogP contribution >= 0.6 is 0 Å². The average molecular weight is 465 g/mol. The second-order valence-electron chi connectivity index (χ2n) is 8.08. The fraction of sp³-hybridized carbons (Fsp3) is 0.280. The Morgan fingerprint density at radius 1 is 1.09 bits per heavy atom. The molecule has 0 unspecified atom stereocenters. The van der Waals surface area contributed by atoms with Crippen LogP contribution in [0.3, 0.4) is 0 Å². The van der Waals surface area contributed by atoms with Crippen molar-refractivity contribution in [2.24, 2.45) is 0 Å². The van der Waals surface area contributed by atoms with E-state index in [2.05, 4.69) is 10.4 Å². The number of rotatable bonds is 8. The molecule has 0 saturated carbocycles. The Hall–Kier alpha value is -3.39. The van der Waals surface area contributed by atoms with Gasteiger partial charge in [0.05, 0.1) is 22.8 Å². The van der Waals surface area contributed by atoms with Crippen LogP contribution in [-0.4, -0.2) is 42.9 Å². The van der Waals surface area contributed by atoms with E-state index in [1.165, 1.54) is 15.9 Å². The summed E-state index contributed by atoms with van der Waals surface area (Å²) in [5.41, 5.74) is 4.70. The lowest BCUT2D eigenvalue weighted by Gasteiger charge is -2.16. The number of sulfonamides is 1. The molecular weight excluding hydrogens is 436 g/mol. The highest BCUT2D eigenvalue weighted by Gasteiger charge is 2.28. The second kappa shape index (κ2) is 10.0. The van der Waals surface area contributed by atoms with Crippen molar-refractivity contribution >= 4 is 27.7 Å². The van der Waals surface area contributed by atoms with Crippen molar-refractivity contribution in [1.82, 2.24) is 15.1 Å². The topological polar surface area (TPSA) is 84.3 Å². The van der Waals surface area contributed by atoms with E-state index in [-0.39, 0.29) is 11.7 Å². The van der Waals surface area contributed by atoms with Crippen LogP contribution in [-0.2, 0) is 21.2 Å². The number of nitrogens with one attached hydrogen (secondary N) is 1. The molecule has 0 radical (unpaired) electrons. The number of carbonyl (C=O) groups excluding carboxylic acids is 1. The predicted octanol–water partition coefficient (Wildman–Crippen LogP) is 3.48. The summed E-state index contributed by atoms with van der Waals surface area (Å²) in [6.45, 7) is 3.10. The lowest BCUT2D eigenvalue weighted by Crippen LogP contribution is -2.24. The van der Waals surface area contributed by atoms with Gasteiger partial charge in [-0.15, -0.1) is 0 Å². The van der Waals surface area contributed by atoms with Gasteiger partial charge in [-0.1, -0.05) is 30.3 Å². The van der Waals surface area contributed by atoms with Gasteiger partial charge < -0.3 is 5.32 Å². The molecule has 1 aliphatic rings. The van der Waals surface area contributed by atoms with E-state index < -0.39 is 10.0 Å². The smallest absolute Gasteiger partial charge is 0.243 e. The number of anilines is 1. The third-order valence-electron chi connectivity index (χ3n) is 5.65. The van der Waals surface area contributed by atoms with Gasteiger partial charge in [0.2, 0.25) is 15.9 Å². The SMILES string of the molecule is Cc1nn(-c2ccccc2)cc1CCCNC(=O)C=Cc1ccc(N2CCCS2(=O)=O)cc1. The summed E-state index contributed by atoms with van der Waals surface area (Å²) in [6.07, 6.45) is 7.58. The van der Waals surface area contributed by atoms with Gasteiger partial charge >= 0.3 is 0 Å². The zero-order valence-corrected chi connectivity index (χ0v) is 19.5. The van der Waals surface area contributed by atoms with Crippen LogP contribution in [0, 0.1) is 6.92 Å². The molecule has 1 fully saturated rings. The van der Waals surface area contributed by atoms with E-state index in [1.807, 2.05) is 60.3 Å². The predicted molar refractivity (Wildman–Crippen MR) is 131 cm³/mol. The van der Waals surface area contributed by atoms with Gasteiger partial charge in [0, 0.05) is 25.4 Å². The summed E-state index contributed by atoms with van der Waals surface area (Å²) in [6, 6.07) is 17.2. The molecule has 4 rings (SSSR count). The third-order valence-corrected chi connectivity index (χ3v) is 7.52. The summed E-state index contributed by atoms with van der Waals surface area (Å²) in [7, 11) is -3.18. The van der Waals surface area contributed by atoms with Gasteiger partial charge in [0.25, 0.3) is 0 Å². The van der Waals surface area contributed by atoms with Crippen LogP contribution in [0.15, 0.2) is 66.9 Å². The highest BCUT2D eigenvalue weighted by molar-refractivity contribution is 7.93. The second-order valence-corrected chi connectivity index (χ2v) is 10.1. The normalized spacial score (nSPS) is 15.2. The van der Waals surface area contributed by atoms with Crippen LogP contribution < -0.4 is 9.62 Å². The number of hydrogen-bond acceptors (Lipinski definition) is 4. The number of nitrogens with zero attached hydrogens (tertiary/aromatic N) is 3. The van der Waals surface area contributed by atoms with Crippen LogP contribution in [0.25, 0.3) is 11.8 Å². The Morgan fingerprint density at radius 2 is 1.85 bits per heavy atom. The summed E-state index contributed by atoms with van der Waals surface area (Å²) in [5, 5.41) is 7.49. The quantitative estimate of drug-likeness (QED) is 0.409. The number of benzene rings is 2. The van der Waals surface area contributed by atoms with Gasteiger partial charge in [-0.05, 0) is 67.7 Å². The molecule has 0 aliphatic carbocycles. The van der Waals surface area contributed by atoms with E-state index in [9.17, 15) is 13.2 Å². The summed E-state index contributed by atoms with van der Waals surface area (Å²) in [4.78, 5) is 12.1.